The van der Waals surface area contributed by atoms with E-state index >= 15 is 0 Å². The molecule has 0 aliphatic rings. The number of hydrogen-bond donors (Lipinski definition) is 3. The van der Waals surface area contributed by atoms with Crippen LogP contribution >= 0.6 is 0 Å². The Hall–Kier alpha value is -3.15. The first-order valence-electron chi connectivity index (χ1n) is 8.88. The van der Waals surface area contributed by atoms with E-state index in [1.165, 1.54) is 6.92 Å². The zero-order valence-corrected chi connectivity index (χ0v) is 15.8. The summed E-state index contributed by atoms with van der Waals surface area (Å²) in [7, 11) is 0. The maximum absolute atomic E-state index is 12.3. The van der Waals surface area contributed by atoms with Gasteiger partial charge in [-0.3, -0.25) is 14.4 Å². The topological polar surface area (TPSA) is 87.3 Å². The Morgan fingerprint density at radius 2 is 1.74 bits per heavy atom. The van der Waals surface area contributed by atoms with Crippen LogP contribution in [0.4, 0.5) is 11.4 Å². The number of ketones is 1. The standard InChI is InChI=1S/C21H25N3O3/c1-14(2)12-23-21(27)18-9-4-5-10-19(18)24-20(26)13-22-17-8-6-7-16(11-17)15(3)25/h4-11,14,22H,12-13H2,1-3H3,(H,23,27)(H,24,26). The van der Waals surface area contributed by atoms with Crippen molar-refractivity contribution in [1.29, 1.82) is 0 Å². The number of para-hydroxylation sites is 1. The quantitative estimate of drug-likeness (QED) is 0.625. The van der Waals surface area contributed by atoms with Crippen LogP contribution < -0.4 is 16.0 Å². The molecule has 0 heterocycles. The molecule has 2 amide bonds. The molecule has 0 aliphatic heterocycles. The predicted molar refractivity (Wildman–Crippen MR) is 107 cm³/mol. The van der Waals surface area contributed by atoms with Crippen molar-refractivity contribution >= 4 is 29.0 Å². The number of hydrogen-bond acceptors (Lipinski definition) is 4. The van der Waals surface area contributed by atoms with E-state index in [1.807, 2.05) is 13.8 Å². The molecule has 3 N–H and O–H groups in total. The van der Waals surface area contributed by atoms with Gasteiger partial charge in [-0.25, -0.2) is 0 Å². The Kier molecular flexibility index (Phi) is 7.11. The maximum atomic E-state index is 12.3. The second kappa shape index (κ2) is 9.52. The van der Waals surface area contributed by atoms with E-state index in [2.05, 4.69) is 16.0 Å². The number of carbonyl (C=O) groups is 3. The Morgan fingerprint density at radius 3 is 2.44 bits per heavy atom. The molecule has 0 atom stereocenters. The molecule has 0 aliphatic carbocycles. The normalized spacial score (nSPS) is 10.4. The molecule has 142 valence electrons. The summed E-state index contributed by atoms with van der Waals surface area (Å²) in [5.74, 6) is -0.204. The van der Waals surface area contributed by atoms with Crippen LogP contribution in [0.15, 0.2) is 48.5 Å². The van der Waals surface area contributed by atoms with Crippen molar-refractivity contribution in [3.05, 3.63) is 59.7 Å². The van der Waals surface area contributed by atoms with Gasteiger partial charge in [0.2, 0.25) is 5.91 Å². The molecule has 2 rings (SSSR count). The van der Waals surface area contributed by atoms with E-state index in [0.717, 1.165) is 0 Å². The third-order valence-electron chi connectivity index (χ3n) is 3.84. The minimum atomic E-state index is -0.285. The van der Waals surface area contributed by atoms with Crippen LogP contribution in [-0.4, -0.2) is 30.7 Å². The van der Waals surface area contributed by atoms with Crippen LogP contribution in [0.25, 0.3) is 0 Å². The van der Waals surface area contributed by atoms with Gasteiger partial charge in [0.1, 0.15) is 0 Å². The highest BCUT2D eigenvalue weighted by molar-refractivity contribution is 6.04. The van der Waals surface area contributed by atoms with E-state index < -0.39 is 0 Å². The summed E-state index contributed by atoms with van der Waals surface area (Å²) in [5, 5.41) is 8.59. The predicted octanol–water partition coefficient (Wildman–Crippen LogP) is 3.33. The van der Waals surface area contributed by atoms with Crippen molar-refractivity contribution in [2.75, 3.05) is 23.7 Å². The van der Waals surface area contributed by atoms with Crippen LogP contribution in [0.2, 0.25) is 0 Å². The maximum Gasteiger partial charge on any atom is 0.253 e. The van der Waals surface area contributed by atoms with Crippen molar-refractivity contribution < 1.29 is 14.4 Å². The second-order valence-corrected chi connectivity index (χ2v) is 6.69. The molecule has 0 bridgehead atoms. The number of rotatable bonds is 8. The van der Waals surface area contributed by atoms with Gasteiger partial charge in [0.15, 0.2) is 5.78 Å². The number of amides is 2. The minimum absolute atomic E-state index is 0.0172. The molecule has 0 saturated heterocycles. The number of nitrogens with one attached hydrogen (secondary N) is 3. The summed E-state index contributed by atoms with van der Waals surface area (Å²) >= 11 is 0. The SMILES string of the molecule is CC(=O)c1cccc(NCC(=O)Nc2ccccc2C(=O)NCC(C)C)c1. The lowest BCUT2D eigenvalue weighted by Crippen LogP contribution is -2.29. The van der Waals surface area contributed by atoms with Gasteiger partial charge in [0.25, 0.3) is 5.91 Å². The van der Waals surface area contributed by atoms with Crippen molar-refractivity contribution in [2.24, 2.45) is 5.92 Å². The molecule has 0 spiro atoms. The lowest BCUT2D eigenvalue weighted by atomic mass is 10.1. The number of Topliss-reactive ketones (excluding diaryl/α,β-unsaturated/α-hetero) is 1. The summed E-state index contributed by atoms with van der Waals surface area (Å²) in [4.78, 5) is 36.0. The minimum Gasteiger partial charge on any atom is -0.376 e. The number of carbonyl (C=O) groups excluding carboxylic acids is 3. The van der Waals surface area contributed by atoms with E-state index in [0.29, 0.717) is 35.0 Å². The Labute approximate surface area is 159 Å². The molecule has 0 saturated carbocycles. The van der Waals surface area contributed by atoms with Gasteiger partial charge in [0.05, 0.1) is 17.8 Å². The summed E-state index contributed by atoms with van der Waals surface area (Å²) in [6, 6.07) is 13.8. The van der Waals surface area contributed by atoms with Crippen LogP contribution in [0.5, 0.6) is 0 Å². The monoisotopic (exact) mass is 367 g/mol. The molecular weight excluding hydrogens is 342 g/mol. The fourth-order valence-corrected chi connectivity index (χ4v) is 2.41. The van der Waals surface area contributed by atoms with Crippen molar-refractivity contribution in [1.82, 2.24) is 5.32 Å². The zero-order valence-electron chi connectivity index (χ0n) is 15.8. The highest BCUT2D eigenvalue weighted by Gasteiger charge is 2.13. The highest BCUT2D eigenvalue weighted by atomic mass is 16.2. The summed E-state index contributed by atoms with van der Waals surface area (Å²) in [6.45, 7) is 6.10. The molecule has 2 aromatic carbocycles. The smallest absolute Gasteiger partial charge is 0.253 e. The van der Waals surface area contributed by atoms with E-state index in [1.54, 1.807) is 48.5 Å². The van der Waals surface area contributed by atoms with Crippen molar-refractivity contribution in [2.45, 2.75) is 20.8 Å². The first-order valence-corrected chi connectivity index (χ1v) is 8.88. The van der Waals surface area contributed by atoms with Gasteiger partial charge in [0, 0.05) is 17.8 Å². The fraction of sp³-hybridized carbons (Fsp3) is 0.286. The fourth-order valence-electron chi connectivity index (χ4n) is 2.41. The molecule has 27 heavy (non-hydrogen) atoms. The van der Waals surface area contributed by atoms with Gasteiger partial charge >= 0.3 is 0 Å². The Balaban J connectivity index is 1.99. The third-order valence-corrected chi connectivity index (χ3v) is 3.84. The van der Waals surface area contributed by atoms with Crippen LogP contribution in [0.1, 0.15) is 41.5 Å². The molecule has 0 fully saturated rings. The van der Waals surface area contributed by atoms with Gasteiger partial charge in [-0.15, -0.1) is 0 Å². The molecular formula is C21H25N3O3. The summed E-state index contributed by atoms with van der Waals surface area (Å²) in [6.07, 6.45) is 0. The van der Waals surface area contributed by atoms with Crippen LogP contribution in [0, 0.1) is 5.92 Å². The largest absolute Gasteiger partial charge is 0.376 e. The number of anilines is 2. The molecule has 0 unspecified atom stereocenters. The van der Waals surface area contributed by atoms with Crippen molar-refractivity contribution in [3.63, 3.8) is 0 Å². The van der Waals surface area contributed by atoms with Crippen LogP contribution in [-0.2, 0) is 4.79 Å². The first-order chi connectivity index (χ1) is 12.9. The van der Waals surface area contributed by atoms with E-state index in [-0.39, 0.29) is 24.1 Å². The van der Waals surface area contributed by atoms with Gasteiger partial charge < -0.3 is 16.0 Å². The van der Waals surface area contributed by atoms with Crippen molar-refractivity contribution in [3.8, 4) is 0 Å². The average molecular weight is 367 g/mol. The van der Waals surface area contributed by atoms with Crippen LogP contribution in [0.3, 0.4) is 0 Å². The summed E-state index contributed by atoms with van der Waals surface area (Å²) < 4.78 is 0. The van der Waals surface area contributed by atoms with E-state index in [4.69, 9.17) is 0 Å². The molecule has 0 radical (unpaired) electrons. The van der Waals surface area contributed by atoms with Gasteiger partial charge in [-0.05, 0) is 37.1 Å². The summed E-state index contributed by atoms with van der Waals surface area (Å²) in [5.41, 5.74) is 2.14. The highest BCUT2D eigenvalue weighted by Crippen LogP contribution is 2.15. The van der Waals surface area contributed by atoms with Gasteiger partial charge in [-0.1, -0.05) is 38.1 Å². The molecule has 2 aromatic rings. The molecule has 6 nitrogen and oxygen atoms in total. The van der Waals surface area contributed by atoms with E-state index in [9.17, 15) is 14.4 Å². The first kappa shape index (κ1) is 20.2. The lowest BCUT2D eigenvalue weighted by molar-refractivity contribution is -0.114. The molecule has 6 heteroatoms. The lowest BCUT2D eigenvalue weighted by Gasteiger charge is -2.13. The second-order valence-electron chi connectivity index (χ2n) is 6.69. The zero-order chi connectivity index (χ0) is 19.8. The number of benzene rings is 2. The third kappa shape index (κ3) is 6.26. The average Bonchev–Trinajstić information content (AvgIpc) is 2.65. The Bertz CT molecular complexity index is 831. The molecule has 0 aromatic heterocycles. The Morgan fingerprint density at radius 1 is 1.00 bits per heavy atom. The van der Waals surface area contributed by atoms with Gasteiger partial charge in [-0.2, -0.15) is 0 Å².